The number of nitrogens with zero attached hydrogens (tertiary/aromatic N) is 9. The Morgan fingerprint density at radius 1 is 1.05 bits per heavy atom. The Morgan fingerprint density at radius 2 is 1.85 bits per heavy atom. The van der Waals surface area contributed by atoms with Crippen molar-refractivity contribution in [3.63, 3.8) is 0 Å². The Labute approximate surface area is 221 Å². The lowest BCUT2D eigenvalue weighted by atomic mass is 10.0. The predicted molar refractivity (Wildman–Crippen MR) is 134 cm³/mol. The van der Waals surface area contributed by atoms with Crippen molar-refractivity contribution in [2.24, 2.45) is 0 Å². The fraction of sp³-hybridized carbons (Fsp3) is 0.360. The maximum absolute atomic E-state index is 14.6. The highest BCUT2D eigenvalue weighted by Gasteiger charge is 2.30. The number of rotatable bonds is 5. The molecule has 202 valence electrons. The molecule has 0 bridgehead atoms. The van der Waals surface area contributed by atoms with Crippen LogP contribution >= 0.6 is 0 Å². The van der Waals surface area contributed by atoms with Crippen LogP contribution < -0.4 is 4.90 Å². The number of carbonyl (C=O) groups excluding carboxylic acids is 1. The zero-order valence-corrected chi connectivity index (χ0v) is 20.8. The summed E-state index contributed by atoms with van der Waals surface area (Å²) in [4.78, 5) is 33.5. The number of carbonyl (C=O) groups is 2. The summed E-state index contributed by atoms with van der Waals surface area (Å²) < 4.78 is 31.5. The number of amides is 2. The van der Waals surface area contributed by atoms with Gasteiger partial charge in [0.1, 0.15) is 29.7 Å². The van der Waals surface area contributed by atoms with Gasteiger partial charge in [-0.3, -0.25) is 4.79 Å². The third kappa shape index (κ3) is 4.73. The molecule has 12 nitrogen and oxygen atoms in total. The van der Waals surface area contributed by atoms with E-state index in [1.165, 1.54) is 15.6 Å². The van der Waals surface area contributed by atoms with E-state index in [-0.39, 0.29) is 31.6 Å². The standard InChI is InChI=1S/C25H25F2N9O3/c26-16-3-4-19(27)17(12-16)21-2-1-6-35(21)22-5-7-36-24(29-22)18(13-28-36)20-14-34(31-30-20)15-23(37)32-8-10-33(11-9-32)25(38)39/h3-5,7,12-14,21H,1-2,6,8-11,15H2,(H,38,39). The van der Waals surface area contributed by atoms with Gasteiger partial charge in [-0.15, -0.1) is 5.10 Å². The maximum Gasteiger partial charge on any atom is 0.407 e. The van der Waals surface area contributed by atoms with Gasteiger partial charge in [-0.1, -0.05) is 5.21 Å². The van der Waals surface area contributed by atoms with Gasteiger partial charge in [0.2, 0.25) is 5.91 Å². The lowest BCUT2D eigenvalue weighted by molar-refractivity contribution is -0.133. The molecule has 39 heavy (non-hydrogen) atoms. The van der Waals surface area contributed by atoms with E-state index in [4.69, 9.17) is 10.1 Å². The van der Waals surface area contributed by atoms with Gasteiger partial charge >= 0.3 is 6.09 Å². The summed E-state index contributed by atoms with van der Waals surface area (Å²) in [6.45, 7) is 1.79. The second-order valence-corrected chi connectivity index (χ2v) is 9.58. The molecule has 2 amide bonds. The number of hydrogen-bond donors (Lipinski definition) is 1. The van der Waals surface area contributed by atoms with Crippen molar-refractivity contribution in [2.75, 3.05) is 37.6 Å². The van der Waals surface area contributed by atoms with Gasteiger partial charge in [0.05, 0.1) is 24.0 Å². The summed E-state index contributed by atoms with van der Waals surface area (Å²) >= 11 is 0. The quantitative estimate of drug-likeness (QED) is 0.412. The number of carboxylic acid groups (broad SMARTS) is 1. The van der Waals surface area contributed by atoms with Crippen LogP contribution in [-0.2, 0) is 11.3 Å². The van der Waals surface area contributed by atoms with Crippen LogP contribution in [0.15, 0.2) is 42.9 Å². The molecule has 2 aliphatic heterocycles. The van der Waals surface area contributed by atoms with Crippen LogP contribution in [-0.4, -0.2) is 89.2 Å². The Balaban J connectivity index is 1.21. The van der Waals surface area contributed by atoms with E-state index in [2.05, 4.69) is 15.4 Å². The topological polar surface area (TPSA) is 125 Å². The van der Waals surface area contributed by atoms with E-state index >= 15 is 0 Å². The van der Waals surface area contributed by atoms with Gasteiger partial charge in [0.25, 0.3) is 0 Å². The maximum atomic E-state index is 14.6. The minimum absolute atomic E-state index is 0.0351. The second kappa shape index (κ2) is 9.93. The highest BCUT2D eigenvalue weighted by molar-refractivity contribution is 5.77. The van der Waals surface area contributed by atoms with Gasteiger partial charge in [0.15, 0.2) is 5.65 Å². The van der Waals surface area contributed by atoms with Crippen molar-refractivity contribution < 1.29 is 23.5 Å². The number of halogens is 2. The molecule has 1 unspecified atom stereocenters. The van der Waals surface area contributed by atoms with Crippen molar-refractivity contribution in [1.82, 2.24) is 39.4 Å². The van der Waals surface area contributed by atoms with Gasteiger partial charge in [-0.05, 0) is 37.1 Å². The SMILES string of the molecule is O=C(O)N1CCN(C(=O)Cn2cc(-c3cnn4ccc(N5CCCC5c5cc(F)ccc5F)nc34)nn2)CC1. The number of fused-ring (bicyclic) bond motifs is 1. The molecule has 5 heterocycles. The number of aromatic nitrogens is 6. The zero-order valence-electron chi connectivity index (χ0n) is 20.8. The molecule has 0 radical (unpaired) electrons. The fourth-order valence-electron chi connectivity index (χ4n) is 5.22. The first-order valence-electron chi connectivity index (χ1n) is 12.6. The third-order valence-corrected chi connectivity index (χ3v) is 7.23. The smallest absolute Gasteiger partial charge is 0.407 e. The minimum Gasteiger partial charge on any atom is -0.465 e. The molecule has 0 saturated carbocycles. The normalized spacial score (nSPS) is 17.8. The molecule has 14 heteroatoms. The molecular weight excluding hydrogens is 512 g/mol. The van der Waals surface area contributed by atoms with Gasteiger partial charge in [0, 0.05) is 44.5 Å². The number of benzene rings is 1. The lowest BCUT2D eigenvalue weighted by Gasteiger charge is -2.33. The van der Waals surface area contributed by atoms with Crippen LogP contribution in [0, 0.1) is 11.6 Å². The number of piperazine rings is 1. The first-order chi connectivity index (χ1) is 18.9. The molecule has 1 N–H and O–H groups in total. The molecule has 4 aromatic rings. The van der Waals surface area contributed by atoms with Crippen molar-refractivity contribution >= 4 is 23.5 Å². The van der Waals surface area contributed by atoms with Crippen LogP contribution in [0.25, 0.3) is 16.9 Å². The van der Waals surface area contributed by atoms with Crippen LogP contribution in [0.3, 0.4) is 0 Å². The van der Waals surface area contributed by atoms with E-state index in [1.54, 1.807) is 34.1 Å². The van der Waals surface area contributed by atoms with Gasteiger partial charge in [-0.25, -0.2) is 27.8 Å². The molecule has 1 atom stereocenters. The molecule has 2 fully saturated rings. The fourth-order valence-corrected chi connectivity index (χ4v) is 5.22. The first-order valence-corrected chi connectivity index (χ1v) is 12.6. The largest absolute Gasteiger partial charge is 0.465 e. The summed E-state index contributed by atoms with van der Waals surface area (Å²) in [5.74, 6) is -0.502. The molecule has 3 aromatic heterocycles. The number of anilines is 1. The molecule has 2 aliphatic rings. The average molecular weight is 538 g/mol. The van der Waals surface area contributed by atoms with E-state index < -0.39 is 17.7 Å². The van der Waals surface area contributed by atoms with Crippen LogP contribution in [0.4, 0.5) is 19.4 Å². The summed E-state index contributed by atoms with van der Waals surface area (Å²) in [6, 6.07) is 4.95. The van der Waals surface area contributed by atoms with Crippen LogP contribution in [0.5, 0.6) is 0 Å². The Kier molecular flexibility index (Phi) is 6.29. The Bertz CT molecular complexity index is 1550. The zero-order chi connectivity index (χ0) is 27.1. The Morgan fingerprint density at radius 3 is 2.64 bits per heavy atom. The average Bonchev–Trinajstić information content (AvgIpc) is 3.69. The van der Waals surface area contributed by atoms with Crippen molar-refractivity contribution in [1.29, 1.82) is 0 Å². The number of hydrogen-bond acceptors (Lipinski definition) is 7. The second-order valence-electron chi connectivity index (χ2n) is 9.58. The molecule has 0 aliphatic carbocycles. The molecule has 1 aromatic carbocycles. The Hall–Kier alpha value is -4.62. The molecule has 6 rings (SSSR count). The molecule has 2 saturated heterocycles. The summed E-state index contributed by atoms with van der Waals surface area (Å²) in [7, 11) is 0. The van der Waals surface area contributed by atoms with Gasteiger partial charge in [-0.2, -0.15) is 5.10 Å². The summed E-state index contributed by atoms with van der Waals surface area (Å²) in [5, 5.41) is 21.7. The van der Waals surface area contributed by atoms with Gasteiger partial charge < -0.3 is 19.8 Å². The first kappa shape index (κ1) is 24.7. The summed E-state index contributed by atoms with van der Waals surface area (Å²) in [5.41, 5.74) is 1.91. The van der Waals surface area contributed by atoms with E-state index in [0.29, 0.717) is 54.3 Å². The van der Waals surface area contributed by atoms with E-state index in [1.807, 2.05) is 4.90 Å². The van der Waals surface area contributed by atoms with Crippen LogP contribution in [0.1, 0.15) is 24.4 Å². The van der Waals surface area contributed by atoms with Crippen LogP contribution in [0.2, 0.25) is 0 Å². The summed E-state index contributed by atoms with van der Waals surface area (Å²) in [6.07, 6.45) is 5.50. The third-order valence-electron chi connectivity index (χ3n) is 7.23. The monoisotopic (exact) mass is 537 g/mol. The van der Waals surface area contributed by atoms with Crippen molar-refractivity contribution in [3.8, 4) is 11.3 Å². The lowest BCUT2D eigenvalue weighted by Crippen LogP contribution is -2.51. The van der Waals surface area contributed by atoms with E-state index in [9.17, 15) is 18.4 Å². The highest BCUT2D eigenvalue weighted by atomic mass is 19.1. The van der Waals surface area contributed by atoms with E-state index in [0.717, 1.165) is 18.6 Å². The predicted octanol–water partition coefficient (Wildman–Crippen LogP) is 2.43. The van der Waals surface area contributed by atoms with Crippen molar-refractivity contribution in [3.05, 3.63) is 60.1 Å². The van der Waals surface area contributed by atoms with Crippen molar-refractivity contribution in [2.45, 2.75) is 25.4 Å². The highest BCUT2D eigenvalue weighted by Crippen LogP contribution is 2.37. The molecule has 0 spiro atoms. The minimum atomic E-state index is -0.991. The molecular formula is C25H25F2N9O3.